The van der Waals surface area contributed by atoms with Gasteiger partial charge in [-0.3, -0.25) is 14.4 Å². The first kappa shape index (κ1) is 31.8. The summed E-state index contributed by atoms with van der Waals surface area (Å²) in [5.74, 6) is -2.09. The molecule has 2 fully saturated rings. The average molecular weight is 600 g/mol. The van der Waals surface area contributed by atoms with Gasteiger partial charge in [-0.15, -0.1) is 0 Å². The van der Waals surface area contributed by atoms with Gasteiger partial charge in [-0.2, -0.15) is 0 Å². The predicted molar refractivity (Wildman–Crippen MR) is 153 cm³/mol. The molecule has 3 amide bonds. The van der Waals surface area contributed by atoms with Gasteiger partial charge in [-0.05, 0) is 55.5 Å². The Hall–Kier alpha value is -4.13. The first-order chi connectivity index (χ1) is 20.7. The third kappa shape index (κ3) is 8.69. The fraction of sp³-hybridized carbons (Fsp3) is 0.533. The van der Waals surface area contributed by atoms with Crippen LogP contribution in [0.1, 0.15) is 61.1 Å². The van der Waals surface area contributed by atoms with Crippen LogP contribution in [0, 0.1) is 11.7 Å². The summed E-state index contributed by atoms with van der Waals surface area (Å²) in [7, 11) is 1.62. The fourth-order valence-corrected chi connectivity index (χ4v) is 4.99. The van der Waals surface area contributed by atoms with Gasteiger partial charge in [-0.25, -0.2) is 19.2 Å². The van der Waals surface area contributed by atoms with Gasteiger partial charge in [0.15, 0.2) is 5.82 Å². The molecular formula is C30H38FN5O7. The third-order valence-electron chi connectivity index (χ3n) is 7.59. The maximum absolute atomic E-state index is 13.6. The lowest BCUT2D eigenvalue weighted by atomic mass is 10.1. The number of nitrogens with one attached hydrogen (secondary N) is 1. The molecule has 4 rings (SSSR count). The summed E-state index contributed by atoms with van der Waals surface area (Å²) in [6, 6.07) is 6.05. The zero-order chi connectivity index (χ0) is 30.9. The van der Waals surface area contributed by atoms with E-state index >= 15 is 0 Å². The number of piperazine rings is 1. The van der Waals surface area contributed by atoms with Crippen LogP contribution in [0.4, 0.5) is 9.18 Å². The van der Waals surface area contributed by atoms with E-state index < -0.39 is 35.7 Å². The molecule has 2 heterocycles. The minimum atomic E-state index is -1.12. The lowest BCUT2D eigenvalue weighted by Crippen LogP contribution is -2.56. The quantitative estimate of drug-likeness (QED) is 0.331. The summed E-state index contributed by atoms with van der Waals surface area (Å²) >= 11 is 0. The van der Waals surface area contributed by atoms with Crippen LogP contribution in [0.2, 0.25) is 0 Å². The second-order valence-corrected chi connectivity index (χ2v) is 10.8. The monoisotopic (exact) mass is 599 g/mol. The number of hydrogen-bond donors (Lipinski definition) is 2. The highest BCUT2D eigenvalue weighted by atomic mass is 19.1. The van der Waals surface area contributed by atoms with Crippen LogP contribution in [0.3, 0.4) is 0 Å². The Morgan fingerprint density at radius 2 is 1.79 bits per heavy atom. The zero-order valence-corrected chi connectivity index (χ0v) is 24.5. The number of amides is 3. The molecule has 1 aliphatic carbocycles. The van der Waals surface area contributed by atoms with Gasteiger partial charge in [-0.1, -0.05) is 13.3 Å². The number of rotatable bonds is 13. The highest BCUT2D eigenvalue weighted by molar-refractivity contribution is 5.96. The SMILES string of the molecule is CCCCOC(=O)N1CCN(C(=O)C(CCC(=O)O)NC(=O)c2cc(C3C[C@@H]3COC)nc(-c3ccc(F)cc3)n2)CC1. The molecule has 3 atom stereocenters. The molecule has 2 aromatic rings. The van der Waals surface area contributed by atoms with E-state index in [0.717, 1.165) is 19.3 Å². The number of nitrogens with zero attached hydrogens (tertiary/aromatic N) is 4. The van der Waals surface area contributed by atoms with E-state index in [4.69, 9.17) is 9.47 Å². The largest absolute Gasteiger partial charge is 0.481 e. The van der Waals surface area contributed by atoms with Crippen molar-refractivity contribution in [2.24, 2.45) is 5.92 Å². The Labute approximate surface area is 249 Å². The fourth-order valence-electron chi connectivity index (χ4n) is 4.99. The van der Waals surface area contributed by atoms with Crippen LogP contribution >= 0.6 is 0 Å². The maximum atomic E-state index is 13.6. The van der Waals surface area contributed by atoms with E-state index in [2.05, 4.69) is 15.3 Å². The number of methoxy groups -OCH3 is 1. The zero-order valence-electron chi connectivity index (χ0n) is 24.5. The number of benzene rings is 1. The Bertz CT molecular complexity index is 1300. The molecule has 2 unspecified atom stereocenters. The number of hydrogen-bond acceptors (Lipinski definition) is 8. The van der Waals surface area contributed by atoms with Gasteiger partial charge >= 0.3 is 12.1 Å². The number of carboxylic acid groups (broad SMARTS) is 1. The van der Waals surface area contributed by atoms with E-state index in [9.17, 15) is 28.7 Å². The van der Waals surface area contributed by atoms with E-state index in [1.807, 2.05) is 6.92 Å². The number of carboxylic acids is 1. The lowest BCUT2D eigenvalue weighted by Gasteiger charge is -2.36. The maximum Gasteiger partial charge on any atom is 0.409 e. The van der Waals surface area contributed by atoms with Gasteiger partial charge in [0.1, 0.15) is 17.6 Å². The van der Waals surface area contributed by atoms with Crippen molar-refractivity contribution in [3.63, 3.8) is 0 Å². The molecule has 43 heavy (non-hydrogen) atoms. The van der Waals surface area contributed by atoms with Crippen molar-refractivity contribution in [3.8, 4) is 11.4 Å². The molecule has 1 aliphatic heterocycles. The van der Waals surface area contributed by atoms with Gasteiger partial charge < -0.3 is 29.7 Å². The van der Waals surface area contributed by atoms with E-state index in [1.165, 1.54) is 34.1 Å². The van der Waals surface area contributed by atoms with Gasteiger partial charge in [0.2, 0.25) is 5.91 Å². The number of unbranched alkanes of at least 4 members (excludes halogenated alkanes) is 1. The van der Waals surface area contributed by atoms with Crippen molar-refractivity contribution in [3.05, 3.63) is 47.5 Å². The molecule has 1 aromatic carbocycles. The van der Waals surface area contributed by atoms with Gasteiger partial charge in [0.05, 0.1) is 6.61 Å². The molecule has 0 spiro atoms. The number of carbonyl (C=O) groups is 4. The minimum absolute atomic E-state index is 0.0140. The normalized spacial score (nSPS) is 18.6. The van der Waals surface area contributed by atoms with Gasteiger partial charge in [0, 0.05) is 63.5 Å². The molecule has 12 nitrogen and oxygen atoms in total. The topological polar surface area (TPSA) is 151 Å². The van der Waals surface area contributed by atoms with Crippen LogP contribution < -0.4 is 5.32 Å². The molecule has 0 radical (unpaired) electrons. The molecule has 232 valence electrons. The number of halogens is 1. The Kier molecular flexibility index (Phi) is 11.0. The van der Waals surface area contributed by atoms with Crippen molar-refractivity contribution in [2.75, 3.05) is 46.5 Å². The summed E-state index contributed by atoms with van der Waals surface area (Å²) in [4.78, 5) is 62.8. The summed E-state index contributed by atoms with van der Waals surface area (Å²) in [5.41, 5.74) is 1.17. The predicted octanol–water partition coefficient (Wildman–Crippen LogP) is 3.08. The lowest BCUT2D eigenvalue weighted by molar-refractivity contribution is -0.138. The van der Waals surface area contributed by atoms with E-state index in [1.54, 1.807) is 13.2 Å². The average Bonchev–Trinajstić information content (AvgIpc) is 3.78. The standard InChI is InChI=1S/C30H38FN5O7/c1-3-4-15-43-30(41)36-13-11-35(12-14-36)29(40)23(9-10-26(37)38)34-28(39)25-17-24(22-16-20(22)18-42-2)32-27(33-25)19-5-7-21(31)8-6-19/h5-8,17,20,22-23H,3-4,9-16,18H2,1-2H3,(H,34,39)(H,37,38)/t20-,22?,23?/m1/s1. The number of aromatic nitrogens is 2. The number of aliphatic carboxylic acids is 1. The molecule has 1 saturated heterocycles. The molecule has 2 N–H and O–H groups in total. The molecule has 13 heteroatoms. The smallest absolute Gasteiger partial charge is 0.409 e. The first-order valence-electron chi connectivity index (χ1n) is 14.6. The van der Waals surface area contributed by atoms with Crippen LogP contribution in [0.25, 0.3) is 11.4 Å². The van der Waals surface area contributed by atoms with E-state index in [-0.39, 0.29) is 62.4 Å². The summed E-state index contributed by atoms with van der Waals surface area (Å²) in [6.45, 7) is 3.83. The van der Waals surface area contributed by atoms with Crippen molar-refractivity contribution in [1.29, 1.82) is 0 Å². The summed E-state index contributed by atoms with van der Waals surface area (Å²) < 4.78 is 24.1. The Morgan fingerprint density at radius 1 is 1.09 bits per heavy atom. The Balaban J connectivity index is 1.50. The van der Waals surface area contributed by atoms with Crippen molar-refractivity contribution < 1.29 is 38.1 Å². The molecule has 1 saturated carbocycles. The molecular weight excluding hydrogens is 561 g/mol. The number of carbonyl (C=O) groups excluding carboxylic acids is 3. The highest BCUT2D eigenvalue weighted by Crippen LogP contribution is 2.47. The summed E-state index contributed by atoms with van der Waals surface area (Å²) in [5, 5.41) is 12.0. The van der Waals surface area contributed by atoms with Crippen molar-refractivity contribution >= 4 is 23.9 Å². The van der Waals surface area contributed by atoms with Crippen LogP contribution in [0.15, 0.2) is 30.3 Å². The molecule has 2 aliphatic rings. The van der Waals surface area contributed by atoms with Gasteiger partial charge in [0.25, 0.3) is 5.91 Å². The number of ether oxygens (including phenoxy) is 2. The second-order valence-electron chi connectivity index (χ2n) is 10.8. The van der Waals surface area contributed by atoms with Crippen molar-refractivity contribution in [1.82, 2.24) is 25.1 Å². The molecule has 0 bridgehead atoms. The Morgan fingerprint density at radius 3 is 2.44 bits per heavy atom. The third-order valence-corrected chi connectivity index (χ3v) is 7.59. The first-order valence-corrected chi connectivity index (χ1v) is 14.6. The van der Waals surface area contributed by atoms with E-state index in [0.29, 0.717) is 24.5 Å². The minimum Gasteiger partial charge on any atom is -0.481 e. The van der Waals surface area contributed by atoms with Crippen molar-refractivity contribution in [2.45, 2.75) is 51.0 Å². The summed E-state index contributed by atoms with van der Waals surface area (Å²) in [6.07, 6.45) is 1.60. The highest BCUT2D eigenvalue weighted by Gasteiger charge is 2.40. The van der Waals surface area contributed by atoms with Crippen LogP contribution in [0.5, 0.6) is 0 Å². The second kappa shape index (κ2) is 14.9. The van der Waals surface area contributed by atoms with Crippen LogP contribution in [-0.2, 0) is 19.1 Å². The molecule has 1 aromatic heterocycles. The van der Waals surface area contributed by atoms with Crippen LogP contribution in [-0.4, -0.2) is 101 Å².